The van der Waals surface area contributed by atoms with Crippen molar-refractivity contribution in [1.82, 2.24) is 29.9 Å². The van der Waals surface area contributed by atoms with Crippen LogP contribution in [0.4, 0.5) is 0 Å². The lowest BCUT2D eigenvalue weighted by Gasteiger charge is -2.04. The van der Waals surface area contributed by atoms with Crippen LogP contribution in [0.25, 0.3) is 0 Å². The topological polar surface area (TPSA) is 60.6 Å². The van der Waals surface area contributed by atoms with E-state index in [9.17, 15) is 0 Å². The van der Waals surface area contributed by atoms with Crippen LogP contribution in [0, 0.1) is 0 Å². The molecule has 0 bridgehead atoms. The van der Waals surface area contributed by atoms with Crippen LogP contribution < -0.4 is 5.32 Å². The normalized spacial score (nSPS) is 11.3. The Bertz CT molecular complexity index is 470. The monoisotopic (exact) mass is 234 g/mol. The van der Waals surface area contributed by atoms with Gasteiger partial charge in [0.1, 0.15) is 6.33 Å². The number of nitrogens with one attached hydrogen (secondary N) is 1. The lowest BCUT2D eigenvalue weighted by Crippen LogP contribution is -2.15. The molecule has 0 saturated carbocycles. The van der Waals surface area contributed by atoms with Gasteiger partial charge in [-0.05, 0) is 19.9 Å². The van der Waals surface area contributed by atoms with E-state index >= 15 is 0 Å². The molecule has 6 heteroatoms. The van der Waals surface area contributed by atoms with Crippen molar-refractivity contribution in [3.8, 4) is 0 Å². The van der Waals surface area contributed by atoms with Crippen molar-refractivity contribution in [1.29, 1.82) is 0 Å². The Labute approximate surface area is 101 Å². The van der Waals surface area contributed by atoms with Crippen LogP contribution in [-0.4, -0.2) is 24.5 Å². The first-order valence-electron chi connectivity index (χ1n) is 5.74. The standard InChI is InChI=1S/C11H18N6/c1-9(2)17-5-4-10(14-17)6-12-7-11-13-8-16(3)15-11/h4-5,8-9,12H,6-7H2,1-3H3. The Balaban J connectivity index is 1.81. The molecule has 1 N–H and O–H groups in total. The molecule has 0 aromatic carbocycles. The third-order valence-electron chi connectivity index (χ3n) is 2.43. The van der Waals surface area contributed by atoms with Gasteiger partial charge in [0.2, 0.25) is 0 Å². The van der Waals surface area contributed by atoms with Gasteiger partial charge in [0.15, 0.2) is 5.82 Å². The molecule has 92 valence electrons. The minimum atomic E-state index is 0.404. The summed E-state index contributed by atoms with van der Waals surface area (Å²) in [5.41, 5.74) is 1.04. The maximum atomic E-state index is 4.45. The number of hydrogen-bond donors (Lipinski definition) is 1. The fraction of sp³-hybridized carbons (Fsp3) is 0.545. The fourth-order valence-corrected chi connectivity index (χ4v) is 1.53. The van der Waals surface area contributed by atoms with Crippen molar-refractivity contribution in [3.05, 3.63) is 30.1 Å². The molecule has 0 aliphatic rings. The van der Waals surface area contributed by atoms with Crippen LogP contribution in [0.2, 0.25) is 0 Å². The summed E-state index contributed by atoms with van der Waals surface area (Å²) < 4.78 is 3.65. The summed E-state index contributed by atoms with van der Waals surface area (Å²) in [5.74, 6) is 0.802. The second-order valence-corrected chi connectivity index (χ2v) is 4.32. The quantitative estimate of drug-likeness (QED) is 0.834. The minimum Gasteiger partial charge on any atom is -0.304 e. The molecule has 0 aliphatic carbocycles. The maximum absolute atomic E-state index is 4.45. The third kappa shape index (κ3) is 3.13. The highest BCUT2D eigenvalue weighted by atomic mass is 15.3. The number of aryl methyl sites for hydroxylation is 1. The summed E-state index contributed by atoms with van der Waals surface area (Å²) in [6.07, 6.45) is 3.70. The summed E-state index contributed by atoms with van der Waals surface area (Å²) in [6, 6.07) is 2.43. The van der Waals surface area contributed by atoms with Crippen molar-refractivity contribution >= 4 is 0 Å². The summed E-state index contributed by atoms with van der Waals surface area (Å²) in [6.45, 7) is 5.62. The fourth-order valence-electron chi connectivity index (χ4n) is 1.53. The van der Waals surface area contributed by atoms with Crippen LogP contribution >= 0.6 is 0 Å². The van der Waals surface area contributed by atoms with Gasteiger partial charge in [-0.25, -0.2) is 4.98 Å². The molecular weight excluding hydrogens is 216 g/mol. The molecule has 2 heterocycles. The number of hydrogen-bond acceptors (Lipinski definition) is 4. The van der Waals surface area contributed by atoms with Crippen molar-refractivity contribution < 1.29 is 0 Å². The van der Waals surface area contributed by atoms with Gasteiger partial charge in [0.05, 0.1) is 12.2 Å². The SMILES string of the molecule is CC(C)n1ccc(CNCc2ncn(C)n2)n1. The van der Waals surface area contributed by atoms with E-state index in [0.717, 1.165) is 18.1 Å². The molecule has 0 spiro atoms. The second-order valence-electron chi connectivity index (χ2n) is 4.32. The third-order valence-corrected chi connectivity index (χ3v) is 2.43. The molecule has 0 fully saturated rings. The van der Waals surface area contributed by atoms with E-state index in [1.807, 2.05) is 24.0 Å². The van der Waals surface area contributed by atoms with Gasteiger partial charge >= 0.3 is 0 Å². The molecule has 0 atom stereocenters. The highest BCUT2D eigenvalue weighted by Crippen LogP contribution is 2.03. The van der Waals surface area contributed by atoms with E-state index < -0.39 is 0 Å². The first-order valence-corrected chi connectivity index (χ1v) is 5.74. The van der Waals surface area contributed by atoms with Crippen LogP contribution in [0.15, 0.2) is 18.6 Å². The van der Waals surface area contributed by atoms with Crippen LogP contribution in [0.1, 0.15) is 31.4 Å². The van der Waals surface area contributed by atoms with Crippen molar-refractivity contribution in [3.63, 3.8) is 0 Å². The molecule has 2 aromatic heterocycles. The first-order chi connectivity index (χ1) is 8.15. The lowest BCUT2D eigenvalue weighted by molar-refractivity contribution is 0.520. The Morgan fingerprint density at radius 2 is 2.12 bits per heavy atom. The Morgan fingerprint density at radius 3 is 2.71 bits per heavy atom. The van der Waals surface area contributed by atoms with Gasteiger partial charge in [-0.3, -0.25) is 9.36 Å². The molecule has 0 aliphatic heterocycles. The number of rotatable bonds is 5. The van der Waals surface area contributed by atoms with Gasteiger partial charge < -0.3 is 5.32 Å². The molecule has 17 heavy (non-hydrogen) atoms. The minimum absolute atomic E-state index is 0.404. The van der Waals surface area contributed by atoms with Crippen LogP contribution in [0.3, 0.4) is 0 Å². The van der Waals surface area contributed by atoms with Crippen molar-refractivity contribution in [2.75, 3.05) is 0 Å². The molecule has 0 amide bonds. The van der Waals surface area contributed by atoms with E-state index in [4.69, 9.17) is 0 Å². The molecule has 6 nitrogen and oxygen atoms in total. The molecule has 0 unspecified atom stereocenters. The predicted molar refractivity (Wildman–Crippen MR) is 64.2 cm³/mol. The lowest BCUT2D eigenvalue weighted by atomic mass is 10.4. The zero-order valence-electron chi connectivity index (χ0n) is 10.5. The predicted octanol–water partition coefficient (Wildman–Crippen LogP) is 0.882. The van der Waals surface area contributed by atoms with Crippen LogP contribution in [-0.2, 0) is 20.1 Å². The van der Waals surface area contributed by atoms with E-state index in [1.54, 1.807) is 11.0 Å². The highest BCUT2D eigenvalue weighted by Gasteiger charge is 2.02. The summed E-state index contributed by atoms with van der Waals surface area (Å²) in [4.78, 5) is 4.14. The molecule has 2 rings (SSSR count). The Morgan fingerprint density at radius 1 is 1.29 bits per heavy atom. The number of aromatic nitrogens is 5. The zero-order valence-corrected chi connectivity index (χ0v) is 10.5. The number of nitrogens with zero attached hydrogens (tertiary/aromatic N) is 5. The van der Waals surface area contributed by atoms with E-state index in [-0.39, 0.29) is 0 Å². The largest absolute Gasteiger partial charge is 0.304 e. The van der Waals surface area contributed by atoms with Crippen LogP contribution in [0.5, 0.6) is 0 Å². The molecular formula is C11H18N6. The maximum Gasteiger partial charge on any atom is 0.164 e. The van der Waals surface area contributed by atoms with Gasteiger partial charge in [0.25, 0.3) is 0 Å². The first kappa shape index (κ1) is 11.8. The van der Waals surface area contributed by atoms with Gasteiger partial charge in [-0.15, -0.1) is 0 Å². The van der Waals surface area contributed by atoms with Crippen molar-refractivity contribution in [2.24, 2.45) is 7.05 Å². The second kappa shape index (κ2) is 5.09. The zero-order chi connectivity index (χ0) is 12.3. The summed E-state index contributed by atoms with van der Waals surface area (Å²) in [5, 5.41) is 11.9. The smallest absolute Gasteiger partial charge is 0.164 e. The summed E-state index contributed by atoms with van der Waals surface area (Å²) in [7, 11) is 1.86. The van der Waals surface area contributed by atoms with Gasteiger partial charge in [-0.2, -0.15) is 10.2 Å². The summed E-state index contributed by atoms with van der Waals surface area (Å²) >= 11 is 0. The van der Waals surface area contributed by atoms with E-state index in [2.05, 4.69) is 34.3 Å². The molecule has 2 aromatic rings. The Hall–Kier alpha value is -1.69. The molecule has 0 saturated heterocycles. The van der Waals surface area contributed by atoms with E-state index in [0.29, 0.717) is 12.6 Å². The Kier molecular flexibility index (Phi) is 3.53. The van der Waals surface area contributed by atoms with Crippen molar-refractivity contribution in [2.45, 2.75) is 33.0 Å². The average molecular weight is 234 g/mol. The highest BCUT2D eigenvalue weighted by molar-refractivity contribution is 4.99. The average Bonchev–Trinajstić information content (AvgIpc) is 2.88. The van der Waals surface area contributed by atoms with E-state index in [1.165, 1.54) is 0 Å². The van der Waals surface area contributed by atoms with Gasteiger partial charge in [-0.1, -0.05) is 0 Å². The van der Waals surface area contributed by atoms with Gasteiger partial charge in [0, 0.05) is 25.8 Å². The molecule has 0 radical (unpaired) electrons.